The highest BCUT2D eigenvalue weighted by Crippen LogP contribution is 2.25. The predicted octanol–water partition coefficient (Wildman–Crippen LogP) is 2.80. The molecule has 0 saturated carbocycles. The number of rotatable bonds is 4. The summed E-state index contributed by atoms with van der Waals surface area (Å²) in [5.41, 5.74) is 0.524. The van der Waals surface area contributed by atoms with Crippen molar-refractivity contribution in [2.75, 3.05) is 0 Å². The van der Waals surface area contributed by atoms with E-state index in [0.717, 1.165) is 4.47 Å². The van der Waals surface area contributed by atoms with Gasteiger partial charge in [-0.25, -0.2) is 0 Å². The summed E-state index contributed by atoms with van der Waals surface area (Å²) in [5, 5.41) is 9.36. The zero-order valence-electron chi connectivity index (χ0n) is 9.53. The molecule has 4 heteroatoms. The highest BCUT2D eigenvalue weighted by molar-refractivity contribution is 9.10. The van der Waals surface area contributed by atoms with Gasteiger partial charge >= 0.3 is 0 Å². The Morgan fingerprint density at radius 3 is 2.56 bits per heavy atom. The number of ketones is 1. The maximum Gasteiger partial charge on any atom is 0.163 e. The molecule has 0 aliphatic rings. The van der Waals surface area contributed by atoms with Crippen LogP contribution in [0.2, 0.25) is 0 Å². The van der Waals surface area contributed by atoms with E-state index in [1.807, 2.05) is 0 Å². The molecule has 1 N–H and O–H groups in total. The number of Topliss-reactive ketones (excluding diaryl/α,β-unsaturated/α-hetero) is 1. The Balaban J connectivity index is 3.01. The first kappa shape index (κ1) is 13.2. The Morgan fingerprint density at radius 1 is 1.44 bits per heavy atom. The van der Waals surface area contributed by atoms with Gasteiger partial charge in [-0.15, -0.1) is 0 Å². The Morgan fingerprint density at radius 2 is 2.06 bits per heavy atom. The molecule has 88 valence electrons. The number of carbonyl (C=O) groups excluding carboxylic acids is 1. The van der Waals surface area contributed by atoms with E-state index < -0.39 is 6.10 Å². The fraction of sp³-hybridized carbons (Fsp3) is 0.417. The lowest BCUT2D eigenvalue weighted by atomic mass is 10.1. The molecule has 0 spiro atoms. The van der Waals surface area contributed by atoms with Gasteiger partial charge in [0.2, 0.25) is 0 Å². The van der Waals surface area contributed by atoms with Crippen molar-refractivity contribution in [3.63, 3.8) is 0 Å². The second-order valence-corrected chi connectivity index (χ2v) is 4.68. The molecular weight excluding hydrogens is 272 g/mol. The van der Waals surface area contributed by atoms with Crippen molar-refractivity contribution in [1.82, 2.24) is 0 Å². The predicted molar refractivity (Wildman–Crippen MR) is 65.9 cm³/mol. The lowest BCUT2D eigenvalue weighted by molar-refractivity contribution is 0.0594. The molecular formula is C12H15BrO3. The lowest BCUT2D eigenvalue weighted by Crippen LogP contribution is -2.26. The van der Waals surface area contributed by atoms with E-state index in [2.05, 4.69) is 15.9 Å². The van der Waals surface area contributed by atoms with Crippen LogP contribution >= 0.6 is 15.9 Å². The molecule has 2 unspecified atom stereocenters. The minimum absolute atomic E-state index is 0.0553. The standard InChI is InChI=1S/C12H15BrO3/c1-7(14)9(3)16-12-6-10(13)4-5-11(12)8(2)15/h4-7,9,14H,1-3H3. The van der Waals surface area contributed by atoms with Crippen LogP contribution in [0.3, 0.4) is 0 Å². The minimum atomic E-state index is -0.584. The van der Waals surface area contributed by atoms with Gasteiger partial charge in [-0.1, -0.05) is 15.9 Å². The summed E-state index contributed by atoms with van der Waals surface area (Å²) in [4.78, 5) is 11.4. The van der Waals surface area contributed by atoms with Gasteiger partial charge in [0.1, 0.15) is 11.9 Å². The summed E-state index contributed by atoms with van der Waals surface area (Å²) < 4.78 is 6.39. The van der Waals surface area contributed by atoms with E-state index in [-0.39, 0.29) is 11.9 Å². The number of hydrogen-bond acceptors (Lipinski definition) is 3. The van der Waals surface area contributed by atoms with Gasteiger partial charge in [0, 0.05) is 4.47 Å². The smallest absolute Gasteiger partial charge is 0.163 e. The topological polar surface area (TPSA) is 46.5 Å². The number of halogens is 1. The van der Waals surface area contributed by atoms with Crippen LogP contribution in [-0.4, -0.2) is 23.1 Å². The van der Waals surface area contributed by atoms with Crippen molar-refractivity contribution < 1.29 is 14.6 Å². The summed E-state index contributed by atoms with van der Waals surface area (Å²) in [7, 11) is 0. The van der Waals surface area contributed by atoms with E-state index in [9.17, 15) is 9.90 Å². The van der Waals surface area contributed by atoms with Crippen molar-refractivity contribution in [3.05, 3.63) is 28.2 Å². The van der Waals surface area contributed by atoms with Crippen molar-refractivity contribution in [2.45, 2.75) is 33.0 Å². The van der Waals surface area contributed by atoms with Gasteiger partial charge in [0.05, 0.1) is 11.7 Å². The summed E-state index contributed by atoms with van der Waals surface area (Å²) in [5.74, 6) is 0.440. The van der Waals surface area contributed by atoms with Gasteiger partial charge in [-0.05, 0) is 39.0 Å². The van der Waals surface area contributed by atoms with Gasteiger partial charge in [0.25, 0.3) is 0 Å². The number of benzene rings is 1. The first-order chi connectivity index (χ1) is 7.41. The van der Waals surface area contributed by atoms with Gasteiger partial charge in [-0.2, -0.15) is 0 Å². The highest BCUT2D eigenvalue weighted by atomic mass is 79.9. The van der Waals surface area contributed by atoms with Crippen LogP contribution in [0.5, 0.6) is 5.75 Å². The van der Waals surface area contributed by atoms with Crippen LogP contribution in [0.4, 0.5) is 0 Å². The quantitative estimate of drug-likeness (QED) is 0.866. The van der Waals surface area contributed by atoms with Crippen LogP contribution in [0, 0.1) is 0 Å². The van der Waals surface area contributed by atoms with Gasteiger partial charge in [0.15, 0.2) is 5.78 Å². The Labute approximate surface area is 104 Å². The first-order valence-electron chi connectivity index (χ1n) is 5.07. The summed E-state index contributed by atoms with van der Waals surface area (Å²) in [6.45, 7) is 4.90. The SMILES string of the molecule is CC(=O)c1ccc(Br)cc1OC(C)C(C)O. The van der Waals surface area contributed by atoms with Gasteiger partial charge < -0.3 is 9.84 Å². The molecule has 0 radical (unpaired) electrons. The maximum absolute atomic E-state index is 11.4. The second-order valence-electron chi connectivity index (χ2n) is 3.76. The average Bonchev–Trinajstić information content (AvgIpc) is 2.16. The normalized spacial score (nSPS) is 14.3. The van der Waals surface area contributed by atoms with Gasteiger partial charge in [-0.3, -0.25) is 4.79 Å². The molecule has 0 aromatic heterocycles. The first-order valence-corrected chi connectivity index (χ1v) is 5.86. The number of ether oxygens (including phenoxy) is 1. The van der Waals surface area contributed by atoms with Crippen molar-refractivity contribution >= 4 is 21.7 Å². The molecule has 2 atom stereocenters. The van der Waals surface area contributed by atoms with E-state index in [4.69, 9.17) is 4.74 Å². The molecule has 0 fully saturated rings. The van der Waals surface area contributed by atoms with Crippen molar-refractivity contribution in [3.8, 4) is 5.75 Å². The zero-order chi connectivity index (χ0) is 12.3. The number of aliphatic hydroxyl groups excluding tert-OH is 1. The molecule has 0 bridgehead atoms. The highest BCUT2D eigenvalue weighted by Gasteiger charge is 2.15. The van der Waals surface area contributed by atoms with Crippen molar-refractivity contribution in [1.29, 1.82) is 0 Å². The second kappa shape index (κ2) is 5.46. The monoisotopic (exact) mass is 286 g/mol. The summed E-state index contributed by atoms with van der Waals surface area (Å²) in [6.07, 6.45) is -0.939. The molecule has 0 amide bonds. The Bertz CT molecular complexity index is 388. The molecule has 1 aromatic rings. The number of hydrogen-bond donors (Lipinski definition) is 1. The number of aliphatic hydroxyl groups is 1. The summed E-state index contributed by atoms with van der Waals surface area (Å²) in [6, 6.07) is 5.22. The number of carbonyl (C=O) groups is 1. The van der Waals surface area contributed by atoms with E-state index in [1.165, 1.54) is 6.92 Å². The van der Waals surface area contributed by atoms with Crippen LogP contribution in [0.25, 0.3) is 0 Å². The van der Waals surface area contributed by atoms with Crippen LogP contribution in [-0.2, 0) is 0 Å². The minimum Gasteiger partial charge on any atom is -0.487 e. The van der Waals surface area contributed by atoms with Crippen molar-refractivity contribution in [2.24, 2.45) is 0 Å². The largest absolute Gasteiger partial charge is 0.487 e. The fourth-order valence-corrected chi connectivity index (χ4v) is 1.52. The molecule has 0 aliphatic carbocycles. The molecule has 0 heterocycles. The maximum atomic E-state index is 11.4. The van der Waals surface area contributed by atoms with Crippen LogP contribution in [0.1, 0.15) is 31.1 Å². The van der Waals surface area contributed by atoms with Crippen LogP contribution < -0.4 is 4.74 Å². The average molecular weight is 287 g/mol. The molecule has 3 nitrogen and oxygen atoms in total. The molecule has 0 aliphatic heterocycles. The lowest BCUT2D eigenvalue weighted by Gasteiger charge is -2.19. The molecule has 0 saturated heterocycles. The third kappa shape index (κ3) is 3.32. The van der Waals surface area contributed by atoms with E-state index >= 15 is 0 Å². The molecule has 1 aromatic carbocycles. The summed E-state index contributed by atoms with van der Waals surface area (Å²) >= 11 is 3.32. The van der Waals surface area contributed by atoms with E-state index in [0.29, 0.717) is 11.3 Å². The zero-order valence-corrected chi connectivity index (χ0v) is 11.1. The third-order valence-corrected chi connectivity index (χ3v) is 2.81. The third-order valence-electron chi connectivity index (χ3n) is 2.32. The molecule has 1 rings (SSSR count). The Kier molecular flexibility index (Phi) is 4.50. The fourth-order valence-electron chi connectivity index (χ4n) is 1.18. The van der Waals surface area contributed by atoms with Crippen LogP contribution in [0.15, 0.2) is 22.7 Å². The van der Waals surface area contributed by atoms with E-state index in [1.54, 1.807) is 32.0 Å². The molecule has 16 heavy (non-hydrogen) atoms. The Hall–Kier alpha value is -0.870.